The Bertz CT molecular complexity index is 701. The first kappa shape index (κ1) is 14.5. The van der Waals surface area contributed by atoms with Crippen LogP contribution < -0.4 is 10.3 Å². The predicted molar refractivity (Wildman–Crippen MR) is 78.5 cm³/mol. The molecule has 2 aliphatic heterocycles. The summed E-state index contributed by atoms with van der Waals surface area (Å²) in [7, 11) is 1.23. The molecule has 114 valence electrons. The third kappa shape index (κ3) is 2.14. The largest absolute Gasteiger partial charge is 0.464 e. The van der Waals surface area contributed by atoms with Crippen molar-refractivity contribution in [1.82, 2.24) is 5.43 Å². The SMILES string of the molecule is COC(=O)C1=NNC2(CC(=O)N(c3ccc(Cl)cc3)C2=O)C1. The molecule has 22 heavy (non-hydrogen) atoms. The zero-order valence-electron chi connectivity index (χ0n) is 11.6. The number of benzene rings is 1. The zero-order valence-corrected chi connectivity index (χ0v) is 12.4. The number of nitrogens with zero attached hydrogens (tertiary/aromatic N) is 2. The first-order chi connectivity index (χ1) is 10.5. The molecule has 0 bridgehead atoms. The minimum absolute atomic E-state index is 0.0222. The van der Waals surface area contributed by atoms with Crippen LogP contribution in [0.1, 0.15) is 12.8 Å². The van der Waals surface area contributed by atoms with Crippen LogP contribution in [0.2, 0.25) is 5.02 Å². The molecule has 1 aromatic rings. The first-order valence-corrected chi connectivity index (χ1v) is 6.90. The molecule has 2 amide bonds. The summed E-state index contributed by atoms with van der Waals surface area (Å²) < 4.78 is 4.59. The topological polar surface area (TPSA) is 88.1 Å². The number of hydrogen-bond acceptors (Lipinski definition) is 6. The van der Waals surface area contributed by atoms with Crippen molar-refractivity contribution in [2.75, 3.05) is 12.0 Å². The third-order valence-electron chi connectivity index (χ3n) is 3.69. The van der Waals surface area contributed by atoms with Gasteiger partial charge in [0.15, 0.2) is 0 Å². The summed E-state index contributed by atoms with van der Waals surface area (Å²) in [4.78, 5) is 37.5. The number of ether oxygens (including phenoxy) is 1. The van der Waals surface area contributed by atoms with Crippen LogP contribution in [0.3, 0.4) is 0 Å². The van der Waals surface area contributed by atoms with Crippen molar-refractivity contribution >= 4 is 40.8 Å². The number of amides is 2. The second-order valence-corrected chi connectivity index (χ2v) is 5.54. The van der Waals surface area contributed by atoms with Gasteiger partial charge in [-0.3, -0.25) is 15.0 Å². The molecule has 2 aliphatic rings. The molecular weight excluding hydrogens is 310 g/mol. The van der Waals surface area contributed by atoms with Gasteiger partial charge in [-0.2, -0.15) is 5.10 Å². The van der Waals surface area contributed by atoms with Crippen molar-refractivity contribution in [3.8, 4) is 0 Å². The zero-order chi connectivity index (χ0) is 15.9. The van der Waals surface area contributed by atoms with Gasteiger partial charge in [0, 0.05) is 11.4 Å². The molecule has 1 N–H and O–H groups in total. The Morgan fingerprint density at radius 1 is 1.32 bits per heavy atom. The fraction of sp³-hybridized carbons (Fsp3) is 0.286. The van der Waals surface area contributed by atoms with Crippen molar-refractivity contribution in [3.63, 3.8) is 0 Å². The first-order valence-electron chi connectivity index (χ1n) is 6.52. The Morgan fingerprint density at radius 3 is 2.64 bits per heavy atom. The second-order valence-electron chi connectivity index (χ2n) is 5.11. The number of nitrogens with one attached hydrogen (secondary N) is 1. The highest BCUT2D eigenvalue weighted by atomic mass is 35.5. The molecule has 8 heteroatoms. The summed E-state index contributed by atoms with van der Waals surface area (Å²) in [6.45, 7) is 0. The molecular formula is C14H12ClN3O4. The fourth-order valence-electron chi connectivity index (χ4n) is 2.59. The average molecular weight is 322 g/mol. The molecule has 0 saturated carbocycles. The molecule has 1 unspecified atom stereocenters. The van der Waals surface area contributed by atoms with Crippen molar-refractivity contribution < 1.29 is 19.1 Å². The van der Waals surface area contributed by atoms with Gasteiger partial charge in [-0.15, -0.1) is 0 Å². The summed E-state index contributed by atoms with van der Waals surface area (Å²) in [5.74, 6) is -1.42. The maximum absolute atomic E-state index is 12.7. The molecule has 1 aromatic carbocycles. The van der Waals surface area contributed by atoms with E-state index in [2.05, 4.69) is 15.3 Å². The number of hydrogen-bond donors (Lipinski definition) is 1. The monoisotopic (exact) mass is 321 g/mol. The van der Waals surface area contributed by atoms with Crippen LogP contribution >= 0.6 is 11.6 Å². The quantitative estimate of drug-likeness (QED) is 0.645. The third-order valence-corrected chi connectivity index (χ3v) is 3.95. The van der Waals surface area contributed by atoms with Gasteiger partial charge >= 0.3 is 5.97 Å². The maximum atomic E-state index is 12.7. The van der Waals surface area contributed by atoms with E-state index in [1.54, 1.807) is 24.3 Å². The van der Waals surface area contributed by atoms with E-state index >= 15 is 0 Å². The van der Waals surface area contributed by atoms with E-state index in [9.17, 15) is 14.4 Å². The van der Waals surface area contributed by atoms with Crippen LogP contribution in [0.25, 0.3) is 0 Å². The van der Waals surface area contributed by atoms with E-state index in [0.29, 0.717) is 10.7 Å². The Labute approximate surface area is 130 Å². The number of imide groups is 1. The van der Waals surface area contributed by atoms with Gasteiger partial charge in [0.25, 0.3) is 5.91 Å². The number of hydrazone groups is 1. The van der Waals surface area contributed by atoms with Crippen molar-refractivity contribution in [3.05, 3.63) is 29.3 Å². The van der Waals surface area contributed by atoms with Crippen LogP contribution in [0.5, 0.6) is 0 Å². The molecule has 0 aromatic heterocycles. The summed E-state index contributed by atoms with van der Waals surface area (Å²) >= 11 is 5.81. The number of esters is 1. The lowest BCUT2D eigenvalue weighted by Crippen LogP contribution is -2.47. The lowest BCUT2D eigenvalue weighted by molar-refractivity contribution is -0.132. The molecule has 2 heterocycles. The molecule has 1 saturated heterocycles. The second kappa shape index (κ2) is 5.10. The van der Waals surface area contributed by atoms with Crippen LogP contribution in [-0.4, -0.2) is 36.1 Å². The van der Waals surface area contributed by atoms with Crippen molar-refractivity contribution in [2.24, 2.45) is 5.10 Å². The predicted octanol–water partition coefficient (Wildman–Crippen LogP) is 0.864. The number of rotatable bonds is 2. The summed E-state index contributed by atoms with van der Waals surface area (Å²) in [5.41, 5.74) is 1.96. The Morgan fingerprint density at radius 2 is 2.00 bits per heavy atom. The minimum Gasteiger partial charge on any atom is -0.464 e. The summed E-state index contributed by atoms with van der Waals surface area (Å²) in [6.07, 6.45) is -0.0488. The van der Waals surface area contributed by atoms with Crippen LogP contribution in [0.4, 0.5) is 5.69 Å². The van der Waals surface area contributed by atoms with Crippen LogP contribution in [0, 0.1) is 0 Å². The standard InChI is InChI=1S/C14H12ClN3O4/c1-22-12(20)10-6-14(17-16-10)7-11(19)18(13(14)21)9-4-2-8(15)3-5-9/h2-5,17H,6-7H2,1H3. The molecule has 1 atom stereocenters. The summed E-state index contributed by atoms with van der Waals surface area (Å²) in [5, 5.41) is 4.35. The van der Waals surface area contributed by atoms with E-state index in [0.717, 1.165) is 4.90 Å². The van der Waals surface area contributed by atoms with Gasteiger partial charge in [-0.25, -0.2) is 9.69 Å². The molecule has 7 nitrogen and oxygen atoms in total. The Kier molecular flexibility index (Phi) is 3.37. The molecule has 0 radical (unpaired) electrons. The number of methoxy groups -OCH3 is 1. The fourth-order valence-corrected chi connectivity index (χ4v) is 2.72. The lowest BCUT2D eigenvalue weighted by atomic mass is 9.93. The van der Waals surface area contributed by atoms with Gasteiger partial charge < -0.3 is 4.74 Å². The number of anilines is 1. The van der Waals surface area contributed by atoms with Crippen molar-refractivity contribution in [1.29, 1.82) is 0 Å². The lowest BCUT2D eigenvalue weighted by Gasteiger charge is -2.21. The number of carbonyl (C=O) groups excluding carboxylic acids is 3. The smallest absolute Gasteiger partial charge is 0.354 e. The number of carbonyl (C=O) groups is 3. The van der Waals surface area contributed by atoms with Gasteiger partial charge in [0.2, 0.25) is 5.91 Å². The minimum atomic E-state index is -1.21. The van der Waals surface area contributed by atoms with Gasteiger partial charge in [-0.05, 0) is 24.3 Å². The van der Waals surface area contributed by atoms with Crippen LogP contribution in [-0.2, 0) is 19.1 Å². The van der Waals surface area contributed by atoms with Crippen LogP contribution in [0.15, 0.2) is 29.4 Å². The number of halogens is 1. The van der Waals surface area contributed by atoms with Gasteiger partial charge in [0.1, 0.15) is 11.3 Å². The van der Waals surface area contributed by atoms with E-state index in [1.165, 1.54) is 7.11 Å². The van der Waals surface area contributed by atoms with E-state index < -0.39 is 17.4 Å². The normalized spacial score (nSPS) is 23.7. The maximum Gasteiger partial charge on any atom is 0.354 e. The molecule has 1 spiro atoms. The molecule has 0 aliphatic carbocycles. The van der Waals surface area contributed by atoms with Crippen molar-refractivity contribution in [2.45, 2.75) is 18.4 Å². The Hall–Kier alpha value is -2.41. The highest BCUT2D eigenvalue weighted by Crippen LogP contribution is 2.34. The van der Waals surface area contributed by atoms with Gasteiger partial charge in [0.05, 0.1) is 19.2 Å². The highest BCUT2D eigenvalue weighted by molar-refractivity contribution is 6.39. The Balaban J connectivity index is 1.87. The van der Waals surface area contributed by atoms with E-state index in [-0.39, 0.29) is 24.5 Å². The van der Waals surface area contributed by atoms with E-state index in [1.807, 2.05) is 0 Å². The summed E-state index contributed by atoms with van der Waals surface area (Å²) in [6, 6.07) is 6.38. The van der Waals surface area contributed by atoms with E-state index in [4.69, 9.17) is 11.6 Å². The molecule has 1 fully saturated rings. The highest BCUT2D eigenvalue weighted by Gasteiger charge is 2.56. The average Bonchev–Trinajstić information content (AvgIpc) is 3.03. The molecule has 3 rings (SSSR count). The van der Waals surface area contributed by atoms with Gasteiger partial charge in [-0.1, -0.05) is 11.6 Å².